The van der Waals surface area contributed by atoms with Crippen molar-refractivity contribution in [3.63, 3.8) is 0 Å². The van der Waals surface area contributed by atoms with Crippen LogP contribution >= 0.6 is 0 Å². The van der Waals surface area contributed by atoms with Crippen molar-refractivity contribution in [1.29, 1.82) is 0 Å². The molecule has 3 heterocycles. The quantitative estimate of drug-likeness (QED) is 0.145. The number of fused-ring (bicyclic) bond motifs is 6. The van der Waals surface area contributed by atoms with Crippen LogP contribution in [0.2, 0.25) is 0 Å². The van der Waals surface area contributed by atoms with Gasteiger partial charge in [0.05, 0.1) is 0 Å². The van der Waals surface area contributed by atoms with Gasteiger partial charge >= 0.3 is 0 Å². The van der Waals surface area contributed by atoms with E-state index in [2.05, 4.69) is 217 Å². The van der Waals surface area contributed by atoms with Gasteiger partial charge in [0.2, 0.25) is 11.8 Å². The van der Waals surface area contributed by atoms with Gasteiger partial charge in [-0.2, -0.15) is 0 Å². The van der Waals surface area contributed by atoms with Crippen LogP contribution in [0.4, 0.5) is 17.1 Å². The van der Waals surface area contributed by atoms with E-state index in [-0.39, 0.29) is 11.8 Å². The number of aromatic nitrogens is 2. The van der Waals surface area contributed by atoms with Crippen LogP contribution < -0.4 is 4.90 Å². The lowest BCUT2D eigenvalue weighted by Crippen LogP contribution is -2.22. The largest absolute Gasteiger partial charge is 0.436 e. The molecule has 13 rings (SSSR count). The van der Waals surface area contributed by atoms with Gasteiger partial charge in [0, 0.05) is 52.2 Å². The number of anilines is 3. The van der Waals surface area contributed by atoms with E-state index in [1.165, 1.54) is 67.0 Å². The van der Waals surface area contributed by atoms with E-state index >= 15 is 0 Å². The molecule has 11 aromatic rings. The molecule has 324 valence electrons. The molecule has 68 heavy (non-hydrogen) atoms. The molecule has 0 saturated carbocycles. The molecule has 2 aliphatic rings. The van der Waals surface area contributed by atoms with Crippen LogP contribution in [0.1, 0.15) is 61.9 Å². The van der Waals surface area contributed by atoms with Crippen LogP contribution in [0.5, 0.6) is 0 Å². The van der Waals surface area contributed by atoms with Crippen LogP contribution in [0.15, 0.2) is 227 Å². The Kier molecular flexibility index (Phi) is 9.78. The number of rotatable bonds is 9. The minimum absolute atomic E-state index is 0.205. The van der Waals surface area contributed by atoms with Gasteiger partial charge in [0.15, 0.2) is 11.2 Å². The lowest BCUT2D eigenvalue weighted by molar-refractivity contribution is 0.618. The molecule has 5 heteroatoms. The number of hydrogen-bond acceptors (Lipinski definition) is 5. The maximum absolute atomic E-state index is 6.42. The van der Waals surface area contributed by atoms with Crippen molar-refractivity contribution in [2.75, 3.05) is 4.90 Å². The SMILES string of the molecule is C1=C(Cc2ccccc2)c2ccccc2C(Cc2ccc(-c3nc4cc5oc(-c6ccc(N7c8ccccc8C(Cc8ccccc8)c8ccccc87)cc6)nc5cc4o3)cc2)c2ccccc21. The van der Waals surface area contributed by atoms with E-state index in [4.69, 9.17) is 18.8 Å². The summed E-state index contributed by atoms with van der Waals surface area (Å²) >= 11 is 0. The summed E-state index contributed by atoms with van der Waals surface area (Å²) in [6.45, 7) is 0. The van der Waals surface area contributed by atoms with E-state index in [9.17, 15) is 0 Å². The van der Waals surface area contributed by atoms with Crippen LogP contribution in [0.25, 0.3) is 56.8 Å². The highest BCUT2D eigenvalue weighted by molar-refractivity contribution is 5.92. The topological polar surface area (TPSA) is 55.3 Å². The van der Waals surface area contributed by atoms with Gasteiger partial charge in [-0.1, -0.05) is 164 Å². The Balaban J connectivity index is 0.751. The number of hydrogen-bond donors (Lipinski definition) is 0. The number of benzene rings is 9. The first-order chi connectivity index (χ1) is 33.7. The summed E-state index contributed by atoms with van der Waals surface area (Å²) in [5.74, 6) is 1.58. The van der Waals surface area contributed by atoms with Gasteiger partial charge in [-0.25, -0.2) is 9.97 Å². The molecule has 9 aromatic carbocycles. The van der Waals surface area contributed by atoms with Crippen molar-refractivity contribution in [3.05, 3.63) is 268 Å². The maximum Gasteiger partial charge on any atom is 0.227 e. The highest BCUT2D eigenvalue weighted by Gasteiger charge is 2.31. The van der Waals surface area contributed by atoms with Gasteiger partial charge < -0.3 is 13.7 Å². The van der Waals surface area contributed by atoms with Crippen molar-refractivity contribution < 1.29 is 8.83 Å². The molecule has 1 aliphatic heterocycles. The van der Waals surface area contributed by atoms with Gasteiger partial charge in [-0.15, -0.1) is 0 Å². The van der Waals surface area contributed by atoms with Crippen molar-refractivity contribution in [1.82, 2.24) is 9.97 Å². The molecule has 0 saturated heterocycles. The normalized spacial score (nSPS) is 14.2. The van der Waals surface area contributed by atoms with E-state index in [1.807, 2.05) is 12.1 Å². The second-order valence-electron chi connectivity index (χ2n) is 18.1. The Morgan fingerprint density at radius 3 is 1.50 bits per heavy atom. The summed E-state index contributed by atoms with van der Waals surface area (Å²) in [7, 11) is 0. The molecule has 1 atom stereocenters. The third-order valence-corrected chi connectivity index (χ3v) is 13.9. The number of allylic oxidation sites excluding steroid dienone is 1. The third kappa shape index (κ3) is 7.20. The Morgan fingerprint density at radius 2 is 0.882 bits per heavy atom. The van der Waals surface area contributed by atoms with Gasteiger partial charge in [-0.05, 0) is 123 Å². The van der Waals surface area contributed by atoms with Gasteiger partial charge in [-0.3, -0.25) is 0 Å². The molecule has 0 radical (unpaired) electrons. The Hall–Kier alpha value is -8.54. The van der Waals surface area contributed by atoms with Crippen molar-refractivity contribution in [3.8, 4) is 22.9 Å². The predicted octanol–water partition coefficient (Wildman–Crippen LogP) is 15.9. The molecule has 1 aliphatic carbocycles. The monoisotopic (exact) mass is 875 g/mol. The average molecular weight is 876 g/mol. The molecular weight excluding hydrogens is 831 g/mol. The van der Waals surface area contributed by atoms with Crippen LogP contribution in [0, 0.1) is 0 Å². The summed E-state index contributed by atoms with van der Waals surface area (Å²) < 4.78 is 12.8. The lowest BCUT2D eigenvalue weighted by atomic mass is 9.81. The van der Waals surface area contributed by atoms with E-state index in [0.717, 1.165) is 47.1 Å². The first-order valence-corrected chi connectivity index (χ1v) is 23.5. The highest BCUT2D eigenvalue weighted by atomic mass is 16.4. The Labute approximate surface area is 395 Å². The standard InChI is InChI=1S/C63H45N3O2/c1-3-15-41(16-4-1)35-47-38-46-19-7-8-20-49(46)54(51-22-10-9-21-50(47)51)37-43-27-29-44(30-28-43)62-64-56-39-61-57(40-60(56)67-62)65-63(68-61)45-31-33-48(34-32-45)66-58-25-13-11-23-52(58)55(36-42-17-5-2-6-18-42)53-24-12-14-26-59(53)66/h1-34,38-40,54-55H,35-37H2. The van der Waals surface area contributed by atoms with Crippen LogP contribution in [0.3, 0.4) is 0 Å². The zero-order valence-electron chi connectivity index (χ0n) is 37.3. The molecule has 1 unspecified atom stereocenters. The van der Waals surface area contributed by atoms with E-state index in [1.54, 1.807) is 0 Å². The number of para-hydroxylation sites is 2. The molecule has 0 bridgehead atoms. The van der Waals surface area contributed by atoms with Crippen LogP contribution in [-0.2, 0) is 19.3 Å². The highest BCUT2D eigenvalue weighted by Crippen LogP contribution is 2.50. The molecular formula is C63H45N3O2. The first kappa shape index (κ1) is 39.8. The fraction of sp³-hybridized carbons (Fsp3) is 0.0794. The summed E-state index contributed by atoms with van der Waals surface area (Å²) in [5, 5.41) is 0. The van der Waals surface area contributed by atoms with Crippen LogP contribution in [-0.4, -0.2) is 9.97 Å². The second-order valence-corrected chi connectivity index (χ2v) is 18.1. The van der Waals surface area contributed by atoms with Crippen molar-refractivity contribution in [2.45, 2.75) is 31.1 Å². The molecule has 0 N–H and O–H groups in total. The average Bonchev–Trinajstić information content (AvgIpc) is 3.98. The van der Waals surface area contributed by atoms with Crippen molar-refractivity contribution >= 4 is 50.9 Å². The fourth-order valence-electron chi connectivity index (χ4n) is 10.7. The van der Waals surface area contributed by atoms with Gasteiger partial charge in [0.25, 0.3) is 0 Å². The van der Waals surface area contributed by atoms with Crippen molar-refractivity contribution in [2.24, 2.45) is 0 Å². The molecule has 5 nitrogen and oxygen atoms in total. The molecule has 0 amide bonds. The molecule has 0 spiro atoms. The number of oxazole rings is 2. The summed E-state index contributed by atoms with van der Waals surface area (Å²) in [6.07, 6.45) is 5.10. The predicted molar refractivity (Wildman–Crippen MR) is 276 cm³/mol. The second kappa shape index (κ2) is 16.7. The van der Waals surface area contributed by atoms with Gasteiger partial charge in [0.1, 0.15) is 11.0 Å². The molecule has 2 aromatic heterocycles. The third-order valence-electron chi connectivity index (χ3n) is 13.9. The zero-order chi connectivity index (χ0) is 45.0. The minimum atomic E-state index is 0.205. The zero-order valence-corrected chi connectivity index (χ0v) is 37.3. The summed E-state index contributed by atoms with van der Waals surface area (Å²) in [5.41, 5.74) is 21.3. The smallest absolute Gasteiger partial charge is 0.227 e. The maximum atomic E-state index is 6.42. The lowest BCUT2D eigenvalue weighted by Gasteiger charge is -2.38. The number of nitrogens with zero attached hydrogens (tertiary/aromatic N) is 3. The fourth-order valence-corrected chi connectivity index (χ4v) is 10.7. The minimum Gasteiger partial charge on any atom is -0.436 e. The summed E-state index contributed by atoms with van der Waals surface area (Å²) in [4.78, 5) is 12.3. The Morgan fingerprint density at radius 1 is 0.412 bits per heavy atom. The summed E-state index contributed by atoms with van der Waals surface area (Å²) in [6, 6.07) is 78.1. The molecule has 0 fully saturated rings. The first-order valence-electron chi connectivity index (χ1n) is 23.5. The van der Waals surface area contributed by atoms with E-state index < -0.39 is 0 Å². The Bertz CT molecular complexity index is 3560. The van der Waals surface area contributed by atoms with E-state index in [0.29, 0.717) is 22.9 Å².